The van der Waals surface area contributed by atoms with Gasteiger partial charge < -0.3 is 0 Å². The molecule has 1 fully saturated rings. The summed E-state index contributed by atoms with van der Waals surface area (Å²) in [5.41, 5.74) is 0. The molecule has 0 bridgehead atoms. The maximum atomic E-state index is 5.56. The van der Waals surface area contributed by atoms with Crippen molar-refractivity contribution in [2.24, 2.45) is 0 Å². The van der Waals surface area contributed by atoms with Crippen LogP contribution < -0.4 is 0 Å². The van der Waals surface area contributed by atoms with Crippen LogP contribution in [0.1, 0.15) is 46.0 Å². The molecule has 0 atom stereocenters. The topological polar surface area (TPSA) is 27.7 Å². The molecular formula is C12H22O3W. The van der Waals surface area contributed by atoms with Crippen molar-refractivity contribution in [2.45, 2.75) is 51.7 Å². The van der Waals surface area contributed by atoms with Gasteiger partial charge in [-0.25, -0.2) is 0 Å². The van der Waals surface area contributed by atoms with E-state index in [9.17, 15) is 0 Å². The standard InChI is InChI=1S/C12H22O3.W/c1-3-13-9-7-5-4-6-8-12(2)14-10-11-15-12;/h3-8,10-11H2,1-2H3;. The minimum atomic E-state index is -0.302. The summed E-state index contributed by atoms with van der Waals surface area (Å²) < 4.78 is 17.8. The Hall–Kier alpha value is 0.438. The molecule has 1 heterocycles. The molecule has 4 heteroatoms. The summed E-state index contributed by atoms with van der Waals surface area (Å²) in [6.07, 6.45) is 5.74. The summed E-state index contributed by atoms with van der Waals surface area (Å²) in [4.78, 5) is 0. The zero-order chi connectivity index (χ0) is 11.9. The number of unbranched alkanes of at least 4 members (excludes halogenated alkanes) is 2. The summed E-state index contributed by atoms with van der Waals surface area (Å²) in [5.74, 6) is -0.302. The molecule has 0 aromatic carbocycles. The fraction of sp³-hybridized carbons (Fsp3) is 0.917. The molecule has 0 aromatic heterocycles. The molecule has 0 aromatic rings. The van der Waals surface area contributed by atoms with Gasteiger partial charge in [0.15, 0.2) is 0 Å². The van der Waals surface area contributed by atoms with Crippen LogP contribution in [0.5, 0.6) is 0 Å². The Morgan fingerprint density at radius 2 is 1.94 bits per heavy atom. The Morgan fingerprint density at radius 1 is 1.25 bits per heavy atom. The van der Waals surface area contributed by atoms with E-state index < -0.39 is 0 Å². The van der Waals surface area contributed by atoms with Gasteiger partial charge >= 0.3 is 109 Å². The molecule has 1 rings (SSSR count). The van der Waals surface area contributed by atoms with Crippen LogP contribution in [-0.2, 0) is 33.6 Å². The minimum absolute atomic E-state index is 0.302. The van der Waals surface area contributed by atoms with Crippen molar-refractivity contribution in [2.75, 3.05) is 19.8 Å². The van der Waals surface area contributed by atoms with Gasteiger partial charge in [-0.2, -0.15) is 0 Å². The number of hydrogen-bond acceptors (Lipinski definition) is 3. The van der Waals surface area contributed by atoms with Crippen LogP contribution in [-0.4, -0.2) is 29.7 Å². The van der Waals surface area contributed by atoms with Gasteiger partial charge in [0.1, 0.15) is 0 Å². The van der Waals surface area contributed by atoms with Crippen LogP contribution in [0.15, 0.2) is 0 Å². The van der Waals surface area contributed by atoms with Gasteiger partial charge in [0.05, 0.1) is 0 Å². The first-order valence-corrected chi connectivity index (χ1v) is 7.56. The van der Waals surface area contributed by atoms with Gasteiger partial charge in [-0.3, -0.25) is 0 Å². The Balaban J connectivity index is 1.97. The van der Waals surface area contributed by atoms with Gasteiger partial charge in [-0.05, 0) is 0 Å². The Morgan fingerprint density at radius 3 is 2.56 bits per heavy atom. The fourth-order valence-electron chi connectivity index (χ4n) is 1.83. The van der Waals surface area contributed by atoms with Crippen molar-refractivity contribution >= 4 is 4.08 Å². The molecule has 0 spiro atoms. The van der Waals surface area contributed by atoms with Gasteiger partial charge in [0.2, 0.25) is 0 Å². The van der Waals surface area contributed by atoms with E-state index in [-0.39, 0.29) is 5.79 Å². The maximum absolute atomic E-state index is 5.56. The number of ether oxygens (including phenoxy) is 3. The van der Waals surface area contributed by atoms with Gasteiger partial charge in [-0.1, -0.05) is 0 Å². The van der Waals surface area contributed by atoms with Crippen LogP contribution in [0.3, 0.4) is 0 Å². The van der Waals surface area contributed by atoms with E-state index in [0.717, 1.165) is 32.7 Å². The van der Waals surface area contributed by atoms with E-state index in [0.29, 0.717) is 0 Å². The fourth-order valence-corrected chi connectivity index (χ4v) is 2.77. The van der Waals surface area contributed by atoms with Crippen molar-refractivity contribution in [3.05, 3.63) is 0 Å². The molecule has 1 saturated heterocycles. The van der Waals surface area contributed by atoms with Crippen LogP contribution in [0.4, 0.5) is 0 Å². The molecule has 0 aliphatic carbocycles. The quantitative estimate of drug-likeness (QED) is 0.588. The molecule has 94 valence electrons. The Kier molecular flexibility index (Phi) is 6.98. The van der Waals surface area contributed by atoms with E-state index in [4.69, 9.17) is 14.2 Å². The molecule has 1 aliphatic heterocycles. The molecule has 16 heavy (non-hydrogen) atoms. The van der Waals surface area contributed by atoms with Crippen molar-refractivity contribution in [3.8, 4) is 0 Å². The molecule has 1 aliphatic rings. The first kappa shape index (κ1) is 14.5. The van der Waals surface area contributed by atoms with E-state index in [1.807, 2.05) is 13.8 Å². The van der Waals surface area contributed by atoms with Crippen molar-refractivity contribution in [1.82, 2.24) is 0 Å². The monoisotopic (exact) mass is 398 g/mol. The average Bonchev–Trinajstić information content (AvgIpc) is 2.65. The van der Waals surface area contributed by atoms with Crippen molar-refractivity contribution in [3.63, 3.8) is 0 Å². The summed E-state index contributed by atoms with van der Waals surface area (Å²) >= 11 is 1.46. The normalized spacial score (nSPS) is 18.9. The van der Waals surface area contributed by atoms with Crippen LogP contribution >= 0.6 is 0 Å². The molecule has 0 N–H and O–H groups in total. The van der Waals surface area contributed by atoms with E-state index >= 15 is 0 Å². The van der Waals surface area contributed by atoms with E-state index in [1.165, 1.54) is 42.7 Å². The van der Waals surface area contributed by atoms with Gasteiger partial charge in [0.25, 0.3) is 0 Å². The zero-order valence-electron chi connectivity index (χ0n) is 10.3. The van der Waals surface area contributed by atoms with E-state index in [1.54, 1.807) is 0 Å². The Labute approximate surface area is 109 Å². The number of hydrogen-bond donors (Lipinski definition) is 0. The molecule has 0 saturated carbocycles. The second-order valence-electron chi connectivity index (χ2n) is 4.20. The third kappa shape index (κ3) is 5.67. The molecule has 0 unspecified atom stereocenters. The molecule has 0 amide bonds. The predicted octanol–water partition coefficient (Wildman–Crippen LogP) is 2.41. The summed E-state index contributed by atoms with van der Waals surface area (Å²) in [6.45, 7) is 6.38. The van der Waals surface area contributed by atoms with Gasteiger partial charge in [-0.15, -0.1) is 0 Å². The zero-order valence-corrected chi connectivity index (χ0v) is 13.2. The average molecular weight is 398 g/mol. The number of rotatable bonds is 8. The summed E-state index contributed by atoms with van der Waals surface area (Å²) in [6, 6.07) is 0. The first-order valence-electron chi connectivity index (χ1n) is 6.10. The third-order valence-corrected chi connectivity index (χ3v) is 3.87. The first-order chi connectivity index (χ1) is 7.66. The van der Waals surface area contributed by atoms with E-state index in [2.05, 4.69) is 0 Å². The second kappa shape index (κ2) is 7.70. The van der Waals surface area contributed by atoms with Crippen LogP contribution in [0.25, 0.3) is 0 Å². The third-order valence-electron chi connectivity index (χ3n) is 2.72. The SMILES string of the molecule is CCO[C](=[W])CCCCCC1(C)OCCO1. The molecule has 0 radical (unpaired) electrons. The molecular weight excluding hydrogens is 376 g/mol. The molecule has 3 nitrogen and oxygen atoms in total. The summed E-state index contributed by atoms with van der Waals surface area (Å²) in [5, 5.41) is 0. The van der Waals surface area contributed by atoms with Crippen LogP contribution in [0.2, 0.25) is 0 Å². The van der Waals surface area contributed by atoms with Crippen LogP contribution in [0, 0.1) is 0 Å². The van der Waals surface area contributed by atoms with Crippen molar-refractivity contribution < 1.29 is 33.6 Å². The van der Waals surface area contributed by atoms with Crippen molar-refractivity contribution in [1.29, 1.82) is 0 Å². The predicted molar refractivity (Wildman–Crippen MR) is 60.0 cm³/mol. The van der Waals surface area contributed by atoms with Gasteiger partial charge in [0, 0.05) is 0 Å². The summed E-state index contributed by atoms with van der Waals surface area (Å²) in [7, 11) is 0. The Bertz CT molecular complexity index is 212. The second-order valence-corrected chi connectivity index (χ2v) is 5.83.